The Morgan fingerprint density at radius 2 is 2.07 bits per heavy atom. The summed E-state index contributed by atoms with van der Waals surface area (Å²) in [5.74, 6) is -0.255. The van der Waals surface area contributed by atoms with Crippen LogP contribution in [0.4, 0.5) is 0 Å². The Labute approximate surface area is 84.7 Å². The van der Waals surface area contributed by atoms with Crippen molar-refractivity contribution in [3.63, 3.8) is 0 Å². The van der Waals surface area contributed by atoms with Gasteiger partial charge in [-0.05, 0) is 12.1 Å². The van der Waals surface area contributed by atoms with Crippen LogP contribution in [0, 0.1) is 0 Å². The zero-order valence-electron chi connectivity index (χ0n) is 7.18. The maximum atomic E-state index is 11.1. The molecule has 0 N–H and O–H groups in total. The van der Waals surface area contributed by atoms with Crippen molar-refractivity contribution < 1.29 is 4.42 Å². The van der Waals surface area contributed by atoms with Gasteiger partial charge in [0.2, 0.25) is 5.89 Å². The molecular weight excluding hydrogens is 204 g/mol. The van der Waals surface area contributed by atoms with Crippen LogP contribution in [0.1, 0.15) is 0 Å². The van der Waals surface area contributed by atoms with E-state index in [2.05, 4.69) is 5.10 Å². The zero-order valence-corrected chi connectivity index (χ0v) is 7.94. The van der Waals surface area contributed by atoms with Gasteiger partial charge in [0.1, 0.15) is 6.00 Å². The summed E-state index contributed by atoms with van der Waals surface area (Å²) in [5, 5.41) is 3.90. The van der Waals surface area contributed by atoms with E-state index in [4.69, 9.17) is 16.0 Å². The van der Waals surface area contributed by atoms with Crippen LogP contribution in [0.25, 0.3) is 11.5 Å². The molecule has 1 aromatic carbocycles. The Bertz CT molecular complexity index is 475. The highest BCUT2D eigenvalue weighted by Gasteiger charge is 2.07. The van der Waals surface area contributed by atoms with E-state index < -0.39 is 5.76 Å². The molecule has 0 fully saturated rings. The van der Waals surface area contributed by atoms with Crippen molar-refractivity contribution in [2.75, 3.05) is 0 Å². The van der Waals surface area contributed by atoms with Crippen LogP contribution < -0.4 is 5.76 Å². The first-order valence-electron chi connectivity index (χ1n) is 4.00. The minimum absolute atomic E-state index is 0.00479. The Balaban J connectivity index is 2.48. The summed E-state index contributed by atoms with van der Waals surface area (Å²) in [4.78, 5) is 11.1. The number of halogens is 1. The van der Waals surface area contributed by atoms with Crippen LogP contribution in [0.3, 0.4) is 0 Å². The van der Waals surface area contributed by atoms with Gasteiger partial charge in [-0.3, -0.25) is 0 Å². The molecule has 0 atom stereocenters. The fourth-order valence-corrected chi connectivity index (χ4v) is 1.23. The predicted octanol–water partition coefficient (Wildman–Crippen LogP) is 1.70. The number of nitrogens with zero attached hydrogens (tertiary/aromatic N) is 2. The Morgan fingerprint density at radius 3 is 2.64 bits per heavy atom. The maximum absolute atomic E-state index is 11.1. The zero-order chi connectivity index (χ0) is 9.97. The highest BCUT2D eigenvalue weighted by atomic mass is 35.5. The van der Waals surface area contributed by atoms with Crippen molar-refractivity contribution in [2.24, 2.45) is 0 Å². The number of alkyl halides is 1. The highest BCUT2D eigenvalue weighted by Crippen LogP contribution is 2.13. The van der Waals surface area contributed by atoms with Gasteiger partial charge in [-0.2, -0.15) is 4.68 Å². The summed E-state index contributed by atoms with van der Waals surface area (Å²) in [6, 6.07) is 9.17. The average Bonchev–Trinajstić information content (AvgIpc) is 2.61. The minimum Gasteiger partial charge on any atom is -0.388 e. The molecule has 2 rings (SSSR count). The third-order valence-corrected chi connectivity index (χ3v) is 1.97. The summed E-state index contributed by atoms with van der Waals surface area (Å²) >= 11 is 5.47. The largest absolute Gasteiger partial charge is 0.438 e. The standard InChI is InChI=1S/C9H7ClN2O2/c10-6-12-9(13)14-8(11-12)7-4-2-1-3-5-7/h1-5H,6H2. The summed E-state index contributed by atoms with van der Waals surface area (Å²) in [5.41, 5.74) is 0.758. The Morgan fingerprint density at radius 1 is 1.36 bits per heavy atom. The third kappa shape index (κ3) is 1.56. The van der Waals surface area contributed by atoms with E-state index in [9.17, 15) is 4.79 Å². The van der Waals surface area contributed by atoms with Crippen LogP contribution >= 0.6 is 11.6 Å². The Kier molecular flexibility index (Phi) is 2.37. The molecule has 0 aliphatic heterocycles. The summed E-state index contributed by atoms with van der Waals surface area (Å²) < 4.78 is 5.96. The minimum atomic E-state index is -0.543. The SMILES string of the molecule is O=c1oc(-c2ccccc2)nn1CCl. The maximum Gasteiger partial charge on any atom is 0.438 e. The average molecular weight is 211 g/mol. The second-order valence-electron chi connectivity index (χ2n) is 2.66. The predicted molar refractivity (Wildman–Crippen MR) is 52.1 cm³/mol. The topological polar surface area (TPSA) is 48.0 Å². The number of aromatic nitrogens is 2. The van der Waals surface area contributed by atoms with Crippen LogP contribution in [-0.2, 0) is 6.00 Å². The van der Waals surface area contributed by atoms with Crippen molar-refractivity contribution in [2.45, 2.75) is 6.00 Å². The molecule has 0 spiro atoms. The van der Waals surface area contributed by atoms with E-state index in [1.807, 2.05) is 30.3 Å². The fourth-order valence-electron chi connectivity index (χ4n) is 1.08. The highest BCUT2D eigenvalue weighted by molar-refractivity contribution is 6.15. The first-order valence-corrected chi connectivity index (χ1v) is 4.54. The molecule has 0 amide bonds. The first-order chi connectivity index (χ1) is 6.81. The third-order valence-electron chi connectivity index (χ3n) is 1.74. The number of hydrogen-bond acceptors (Lipinski definition) is 3. The van der Waals surface area contributed by atoms with Gasteiger partial charge < -0.3 is 4.42 Å². The second kappa shape index (κ2) is 3.67. The summed E-state index contributed by atoms with van der Waals surface area (Å²) in [6.07, 6.45) is 0. The summed E-state index contributed by atoms with van der Waals surface area (Å²) in [7, 11) is 0. The van der Waals surface area contributed by atoms with Gasteiger partial charge in [0.15, 0.2) is 0 Å². The van der Waals surface area contributed by atoms with Crippen molar-refractivity contribution >= 4 is 11.6 Å². The molecule has 0 bridgehead atoms. The van der Waals surface area contributed by atoms with Gasteiger partial charge in [-0.15, -0.1) is 16.7 Å². The van der Waals surface area contributed by atoms with Crippen molar-refractivity contribution in [3.05, 3.63) is 40.9 Å². The summed E-state index contributed by atoms with van der Waals surface area (Å²) in [6.45, 7) is 0. The molecule has 4 nitrogen and oxygen atoms in total. The number of hydrogen-bond donors (Lipinski definition) is 0. The molecular formula is C9H7ClN2O2. The number of benzene rings is 1. The molecule has 1 aromatic heterocycles. The monoisotopic (exact) mass is 210 g/mol. The molecule has 0 saturated heterocycles. The van der Waals surface area contributed by atoms with Gasteiger partial charge >= 0.3 is 5.76 Å². The molecule has 5 heteroatoms. The van der Waals surface area contributed by atoms with E-state index in [0.29, 0.717) is 0 Å². The number of rotatable bonds is 2. The molecule has 0 aliphatic rings. The van der Waals surface area contributed by atoms with Crippen molar-refractivity contribution in [3.8, 4) is 11.5 Å². The van der Waals surface area contributed by atoms with Gasteiger partial charge in [-0.25, -0.2) is 4.79 Å². The van der Waals surface area contributed by atoms with Crippen LogP contribution in [-0.4, -0.2) is 9.78 Å². The van der Waals surface area contributed by atoms with Crippen LogP contribution in [0.2, 0.25) is 0 Å². The molecule has 0 unspecified atom stereocenters. The van der Waals surface area contributed by atoms with Crippen LogP contribution in [0.15, 0.2) is 39.5 Å². The van der Waals surface area contributed by atoms with Gasteiger partial charge in [0.25, 0.3) is 0 Å². The normalized spacial score (nSPS) is 10.4. The molecule has 14 heavy (non-hydrogen) atoms. The Hall–Kier alpha value is -1.55. The second-order valence-corrected chi connectivity index (χ2v) is 2.90. The molecule has 0 saturated carbocycles. The van der Waals surface area contributed by atoms with E-state index in [1.54, 1.807) is 0 Å². The fraction of sp³-hybridized carbons (Fsp3) is 0.111. The van der Waals surface area contributed by atoms with Crippen LogP contribution in [0.5, 0.6) is 0 Å². The molecule has 0 aliphatic carbocycles. The quantitative estimate of drug-likeness (QED) is 0.709. The lowest BCUT2D eigenvalue weighted by molar-refractivity contribution is 0.502. The van der Waals surface area contributed by atoms with E-state index in [0.717, 1.165) is 10.2 Å². The van der Waals surface area contributed by atoms with Crippen molar-refractivity contribution in [1.29, 1.82) is 0 Å². The van der Waals surface area contributed by atoms with E-state index in [-0.39, 0.29) is 11.9 Å². The van der Waals surface area contributed by atoms with E-state index >= 15 is 0 Å². The van der Waals surface area contributed by atoms with Gasteiger partial charge in [-0.1, -0.05) is 18.2 Å². The van der Waals surface area contributed by atoms with Gasteiger partial charge in [0, 0.05) is 5.56 Å². The molecule has 0 radical (unpaired) electrons. The van der Waals surface area contributed by atoms with E-state index in [1.165, 1.54) is 0 Å². The molecule has 72 valence electrons. The smallest absolute Gasteiger partial charge is 0.388 e. The van der Waals surface area contributed by atoms with Crippen molar-refractivity contribution in [1.82, 2.24) is 9.78 Å². The van der Waals surface area contributed by atoms with Gasteiger partial charge in [0.05, 0.1) is 0 Å². The molecule has 1 heterocycles. The lowest BCUT2D eigenvalue weighted by Crippen LogP contribution is -2.12. The first kappa shape index (κ1) is 9.02. The lowest BCUT2D eigenvalue weighted by atomic mass is 10.2. The lowest BCUT2D eigenvalue weighted by Gasteiger charge is -1.90. The molecule has 2 aromatic rings.